The van der Waals surface area contributed by atoms with Crippen LogP contribution in [-0.2, 0) is 4.79 Å². The highest BCUT2D eigenvalue weighted by Crippen LogP contribution is 2.04. The van der Waals surface area contributed by atoms with Gasteiger partial charge in [0, 0.05) is 25.7 Å². The lowest BCUT2D eigenvalue weighted by molar-refractivity contribution is -0.137. The molecule has 0 radical (unpaired) electrons. The molecule has 0 atom stereocenters. The summed E-state index contributed by atoms with van der Waals surface area (Å²) in [5.74, 6) is -0.708. The van der Waals surface area contributed by atoms with Crippen LogP contribution in [0.15, 0.2) is 0 Å². The molecule has 70 valence electrons. The zero-order chi connectivity index (χ0) is 8.97. The number of hydrogen-bond acceptors (Lipinski definition) is 3. The molecule has 0 saturated carbocycles. The van der Waals surface area contributed by atoms with E-state index in [9.17, 15) is 4.79 Å². The summed E-state index contributed by atoms with van der Waals surface area (Å²) in [5.41, 5.74) is 0. The lowest BCUT2D eigenvalue weighted by atomic mass is 10.1. The van der Waals surface area contributed by atoms with Gasteiger partial charge in [0.25, 0.3) is 0 Å². The van der Waals surface area contributed by atoms with E-state index in [-0.39, 0.29) is 6.42 Å². The number of rotatable bonds is 5. The van der Waals surface area contributed by atoms with Gasteiger partial charge in [0.05, 0.1) is 6.42 Å². The van der Waals surface area contributed by atoms with Crippen molar-refractivity contribution >= 4 is 5.97 Å². The molecule has 2 N–H and O–H groups in total. The van der Waals surface area contributed by atoms with Crippen molar-refractivity contribution in [3.8, 4) is 0 Å². The molecule has 0 bridgehead atoms. The van der Waals surface area contributed by atoms with Crippen LogP contribution in [0.4, 0.5) is 0 Å². The minimum atomic E-state index is -0.708. The van der Waals surface area contributed by atoms with Crippen LogP contribution in [0.25, 0.3) is 0 Å². The predicted molar refractivity (Wildman–Crippen MR) is 46.2 cm³/mol. The zero-order valence-electron chi connectivity index (χ0n) is 7.42. The normalized spacial score (nSPS) is 17.8. The van der Waals surface area contributed by atoms with Gasteiger partial charge in [0.15, 0.2) is 0 Å². The Balaban J connectivity index is 2.20. The van der Waals surface area contributed by atoms with Crippen molar-refractivity contribution < 1.29 is 9.90 Å². The average molecular weight is 172 g/mol. The van der Waals surface area contributed by atoms with Crippen molar-refractivity contribution in [2.45, 2.75) is 19.4 Å². The number of likely N-dealkylation sites (N-methyl/N-ethyl adjacent to an activating group) is 1. The third kappa shape index (κ3) is 2.46. The first kappa shape index (κ1) is 9.48. The predicted octanol–water partition coefficient (Wildman–Crippen LogP) is -0.245. The van der Waals surface area contributed by atoms with Crippen LogP contribution in [0.2, 0.25) is 0 Å². The van der Waals surface area contributed by atoms with E-state index in [1.165, 1.54) is 0 Å². The largest absolute Gasteiger partial charge is 0.481 e. The minimum absolute atomic E-state index is 0.254. The third-order valence-corrected chi connectivity index (χ3v) is 2.30. The first-order valence-corrected chi connectivity index (χ1v) is 4.40. The molecule has 0 aromatic heterocycles. The van der Waals surface area contributed by atoms with Gasteiger partial charge < -0.3 is 10.4 Å². The molecule has 4 heteroatoms. The van der Waals surface area contributed by atoms with Crippen molar-refractivity contribution in [1.29, 1.82) is 0 Å². The van der Waals surface area contributed by atoms with E-state index < -0.39 is 5.97 Å². The van der Waals surface area contributed by atoms with E-state index in [1.54, 1.807) is 0 Å². The Hall–Kier alpha value is -0.610. The van der Waals surface area contributed by atoms with Gasteiger partial charge in [0.1, 0.15) is 0 Å². The second kappa shape index (κ2) is 4.42. The van der Waals surface area contributed by atoms with E-state index in [1.807, 2.05) is 0 Å². The topological polar surface area (TPSA) is 52.6 Å². The Morgan fingerprint density at radius 3 is 2.67 bits per heavy atom. The summed E-state index contributed by atoms with van der Waals surface area (Å²) in [5, 5.41) is 11.7. The molecule has 1 rings (SSSR count). The molecule has 0 spiro atoms. The summed E-state index contributed by atoms with van der Waals surface area (Å²) >= 11 is 0. The van der Waals surface area contributed by atoms with E-state index in [0.29, 0.717) is 12.6 Å². The van der Waals surface area contributed by atoms with Gasteiger partial charge in [-0.2, -0.15) is 0 Å². The molecule has 0 aromatic rings. The summed E-state index contributed by atoms with van der Waals surface area (Å²) in [6.45, 7) is 5.71. The molecule has 4 nitrogen and oxygen atoms in total. The fourth-order valence-corrected chi connectivity index (χ4v) is 1.37. The number of aliphatic carboxylic acids is 1. The van der Waals surface area contributed by atoms with Gasteiger partial charge >= 0.3 is 5.97 Å². The summed E-state index contributed by atoms with van der Waals surface area (Å²) in [6.07, 6.45) is 0.254. The second-order valence-electron chi connectivity index (χ2n) is 3.08. The quantitative estimate of drug-likeness (QED) is 0.600. The third-order valence-electron chi connectivity index (χ3n) is 2.30. The Labute approximate surface area is 72.6 Å². The Kier molecular flexibility index (Phi) is 3.49. The summed E-state index contributed by atoms with van der Waals surface area (Å²) < 4.78 is 0. The molecule has 0 aliphatic carbocycles. The Morgan fingerprint density at radius 2 is 2.33 bits per heavy atom. The highest BCUT2D eigenvalue weighted by Gasteiger charge is 2.23. The van der Waals surface area contributed by atoms with E-state index >= 15 is 0 Å². The van der Waals surface area contributed by atoms with Crippen LogP contribution in [0, 0.1) is 0 Å². The van der Waals surface area contributed by atoms with Crippen molar-refractivity contribution in [1.82, 2.24) is 10.2 Å². The first-order chi connectivity index (χ1) is 5.74. The van der Waals surface area contributed by atoms with Crippen LogP contribution < -0.4 is 5.32 Å². The maximum Gasteiger partial charge on any atom is 0.304 e. The smallest absolute Gasteiger partial charge is 0.304 e. The lowest BCUT2D eigenvalue weighted by Crippen LogP contribution is -2.57. The number of nitrogens with one attached hydrogen (secondary N) is 1. The van der Waals surface area contributed by atoms with E-state index in [0.717, 1.165) is 19.6 Å². The summed E-state index contributed by atoms with van der Waals surface area (Å²) in [4.78, 5) is 12.5. The molecule has 1 aliphatic heterocycles. The van der Waals surface area contributed by atoms with Crippen molar-refractivity contribution in [2.75, 3.05) is 26.2 Å². The van der Waals surface area contributed by atoms with Gasteiger partial charge in [-0.25, -0.2) is 0 Å². The maximum absolute atomic E-state index is 10.3. The fourth-order valence-electron chi connectivity index (χ4n) is 1.37. The number of nitrogens with zero attached hydrogens (tertiary/aromatic N) is 1. The Morgan fingerprint density at radius 1 is 1.67 bits per heavy atom. The minimum Gasteiger partial charge on any atom is -0.481 e. The zero-order valence-corrected chi connectivity index (χ0v) is 7.42. The highest BCUT2D eigenvalue weighted by atomic mass is 16.4. The molecular formula is C8H16N2O2. The first-order valence-electron chi connectivity index (χ1n) is 4.40. The summed E-state index contributed by atoms with van der Waals surface area (Å²) in [7, 11) is 0. The van der Waals surface area contributed by atoms with E-state index in [4.69, 9.17) is 5.11 Å². The number of hydrogen-bond donors (Lipinski definition) is 2. The lowest BCUT2D eigenvalue weighted by Gasteiger charge is -2.37. The van der Waals surface area contributed by atoms with Crippen molar-refractivity contribution in [3.63, 3.8) is 0 Å². The highest BCUT2D eigenvalue weighted by molar-refractivity contribution is 5.66. The van der Waals surface area contributed by atoms with Crippen molar-refractivity contribution in [2.24, 2.45) is 0 Å². The maximum atomic E-state index is 10.3. The molecular weight excluding hydrogens is 156 g/mol. The molecule has 0 amide bonds. The number of carboxylic acids is 1. The standard InChI is InChI=1S/C8H16N2O2/c1-2-10(4-3-8(11)12)7-5-9-6-7/h7,9H,2-6H2,1H3,(H,11,12). The van der Waals surface area contributed by atoms with Gasteiger partial charge in [-0.3, -0.25) is 9.69 Å². The molecule has 0 unspecified atom stereocenters. The molecule has 12 heavy (non-hydrogen) atoms. The number of carboxylic acid groups (broad SMARTS) is 1. The monoisotopic (exact) mass is 172 g/mol. The molecule has 1 aliphatic rings. The fraction of sp³-hybridized carbons (Fsp3) is 0.875. The summed E-state index contributed by atoms with van der Waals surface area (Å²) in [6, 6.07) is 0.564. The average Bonchev–Trinajstić information content (AvgIpc) is 1.93. The van der Waals surface area contributed by atoms with Crippen LogP contribution >= 0.6 is 0 Å². The SMILES string of the molecule is CCN(CCC(=O)O)C1CNC1. The van der Waals surface area contributed by atoms with Crippen molar-refractivity contribution in [3.05, 3.63) is 0 Å². The van der Waals surface area contributed by atoms with Gasteiger partial charge in [0.2, 0.25) is 0 Å². The number of carbonyl (C=O) groups is 1. The molecule has 1 saturated heterocycles. The van der Waals surface area contributed by atoms with Gasteiger partial charge in [-0.1, -0.05) is 6.92 Å². The van der Waals surface area contributed by atoms with Crippen LogP contribution in [0.5, 0.6) is 0 Å². The molecule has 1 fully saturated rings. The second-order valence-corrected chi connectivity index (χ2v) is 3.08. The molecule has 1 heterocycles. The molecule has 0 aromatic carbocycles. The Bertz CT molecular complexity index is 157. The van der Waals surface area contributed by atoms with Crippen LogP contribution in [0.1, 0.15) is 13.3 Å². The van der Waals surface area contributed by atoms with Gasteiger partial charge in [-0.15, -0.1) is 0 Å². The van der Waals surface area contributed by atoms with Crippen LogP contribution in [0.3, 0.4) is 0 Å². The van der Waals surface area contributed by atoms with E-state index in [2.05, 4.69) is 17.1 Å². The van der Waals surface area contributed by atoms with Crippen LogP contribution in [-0.4, -0.2) is 48.2 Å². The van der Waals surface area contributed by atoms with Gasteiger partial charge in [-0.05, 0) is 6.54 Å².